The van der Waals surface area contributed by atoms with Crippen LogP contribution in [0.25, 0.3) is 0 Å². The maximum atomic E-state index is 12.7. The van der Waals surface area contributed by atoms with Gasteiger partial charge in [-0.2, -0.15) is 5.10 Å². The highest BCUT2D eigenvalue weighted by atomic mass is 79.9. The van der Waals surface area contributed by atoms with E-state index < -0.39 is 14.1 Å². The van der Waals surface area contributed by atoms with Gasteiger partial charge in [-0.25, -0.2) is 14.2 Å². The summed E-state index contributed by atoms with van der Waals surface area (Å²) in [6, 6.07) is 5.79. The number of aromatic nitrogens is 3. The Balaban J connectivity index is 2.27. The molecule has 0 fully saturated rings. The highest BCUT2D eigenvalue weighted by Crippen LogP contribution is 2.52. The van der Waals surface area contributed by atoms with Gasteiger partial charge in [-0.1, -0.05) is 37.9 Å². The lowest BCUT2D eigenvalue weighted by Crippen LogP contribution is -2.17. The van der Waals surface area contributed by atoms with Gasteiger partial charge in [-0.05, 0) is 31.5 Å². The smallest absolute Gasteiger partial charge is 0.287 e. The molecule has 0 aliphatic carbocycles. The van der Waals surface area contributed by atoms with Crippen molar-refractivity contribution in [3.63, 3.8) is 0 Å². The molecule has 0 aliphatic rings. The predicted molar refractivity (Wildman–Crippen MR) is 96.5 cm³/mol. The number of phosphoric ester groups is 1. The van der Waals surface area contributed by atoms with E-state index in [9.17, 15) is 4.57 Å². The van der Waals surface area contributed by atoms with Crippen LogP contribution in [0, 0.1) is 0 Å². The zero-order valence-corrected chi connectivity index (χ0v) is 17.3. The molecule has 0 bridgehead atoms. The molecule has 0 spiro atoms. The normalized spacial score (nSPS) is 13.2. The first kappa shape index (κ1) is 19.8. The van der Waals surface area contributed by atoms with Crippen LogP contribution in [0.5, 0.6) is 0 Å². The second-order valence-corrected chi connectivity index (χ2v) is 8.05. The Hall–Kier alpha value is -0.570. The molecule has 1 aromatic heterocycles. The van der Waals surface area contributed by atoms with Gasteiger partial charge in [-0.3, -0.25) is 13.6 Å². The van der Waals surface area contributed by atoms with E-state index >= 15 is 0 Å². The van der Waals surface area contributed by atoms with Gasteiger partial charge in [0, 0.05) is 15.4 Å². The summed E-state index contributed by atoms with van der Waals surface area (Å²) in [5, 5.41) is 4.09. The number of benzene rings is 1. The lowest BCUT2D eigenvalue weighted by molar-refractivity contribution is 0.0426. The molecule has 7 nitrogen and oxygen atoms in total. The average Bonchev–Trinajstić information content (AvgIpc) is 3.04. The number of rotatable bonds is 9. The van der Waals surface area contributed by atoms with Gasteiger partial charge in [0.05, 0.1) is 13.2 Å². The van der Waals surface area contributed by atoms with Crippen molar-refractivity contribution in [1.82, 2.24) is 14.8 Å². The van der Waals surface area contributed by atoms with Crippen molar-refractivity contribution in [2.75, 3.05) is 13.2 Å². The molecule has 0 saturated heterocycles. The quantitative estimate of drug-likeness (QED) is 0.480. The summed E-state index contributed by atoms with van der Waals surface area (Å²) in [7, 11) is -3.69. The molecular formula is C14H18Br2N3O4P. The SMILES string of the molecule is CCOP(=O)(OCC)OC(Cc1ccc(Br)cc1Br)n1cncn1. The van der Waals surface area contributed by atoms with Crippen LogP contribution in [-0.4, -0.2) is 28.0 Å². The maximum absolute atomic E-state index is 12.7. The molecule has 0 amide bonds. The van der Waals surface area contributed by atoms with Crippen molar-refractivity contribution < 1.29 is 18.1 Å². The van der Waals surface area contributed by atoms with E-state index in [1.54, 1.807) is 13.8 Å². The highest BCUT2D eigenvalue weighted by Gasteiger charge is 2.31. The molecule has 0 aliphatic heterocycles. The summed E-state index contributed by atoms with van der Waals surface area (Å²) in [5.74, 6) is 0. The minimum absolute atomic E-state index is 0.212. The van der Waals surface area contributed by atoms with Gasteiger partial charge < -0.3 is 0 Å². The van der Waals surface area contributed by atoms with Crippen LogP contribution in [0.3, 0.4) is 0 Å². The van der Waals surface area contributed by atoms with Gasteiger partial charge in [-0.15, -0.1) is 0 Å². The standard InChI is InChI=1S/C14H18Br2N3O4P/c1-3-21-24(20,22-4-2)23-14(19-10-17-9-18-19)7-11-5-6-12(15)8-13(11)16/h5-6,8-10,14H,3-4,7H2,1-2H3. The summed E-state index contributed by atoms with van der Waals surface area (Å²) in [6.45, 7) is 3.88. The third-order valence-corrected chi connectivity index (χ3v) is 5.85. The summed E-state index contributed by atoms with van der Waals surface area (Å²) < 4.78 is 32.2. The van der Waals surface area contributed by atoms with Crippen molar-refractivity contribution in [2.24, 2.45) is 0 Å². The Bertz CT molecular complexity index is 689. The van der Waals surface area contributed by atoms with E-state index in [2.05, 4.69) is 41.9 Å². The lowest BCUT2D eigenvalue weighted by Gasteiger charge is -2.23. The number of hydrogen-bond acceptors (Lipinski definition) is 6. The third-order valence-electron chi connectivity index (χ3n) is 2.97. The van der Waals surface area contributed by atoms with Crippen LogP contribution < -0.4 is 0 Å². The van der Waals surface area contributed by atoms with E-state index in [1.165, 1.54) is 17.3 Å². The fraction of sp³-hybridized carbons (Fsp3) is 0.429. The molecule has 0 N–H and O–H groups in total. The van der Waals surface area contributed by atoms with E-state index in [1.807, 2.05) is 18.2 Å². The first-order valence-electron chi connectivity index (χ1n) is 7.33. The van der Waals surface area contributed by atoms with E-state index in [0.29, 0.717) is 6.42 Å². The summed E-state index contributed by atoms with van der Waals surface area (Å²) in [6.07, 6.45) is 2.61. The van der Waals surface area contributed by atoms with Gasteiger partial charge in [0.15, 0.2) is 6.23 Å². The van der Waals surface area contributed by atoms with Crippen LogP contribution >= 0.6 is 39.7 Å². The molecule has 132 valence electrons. The average molecular weight is 483 g/mol. The van der Waals surface area contributed by atoms with Crippen molar-refractivity contribution in [3.05, 3.63) is 45.4 Å². The minimum Gasteiger partial charge on any atom is -0.287 e. The highest BCUT2D eigenvalue weighted by molar-refractivity contribution is 9.11. The molecular weight excluding hydrogens is 465 g/mol. The zero-order chi connectivity index (χ0) is 17.6. The van der Waals surface area contributed by atoms with Gasteiger partial charge in [0.1, 0.15) is 12.7 Å². The molecule has 1 heterocycles. The molecule has 2 rings (SSSR count). The molecule has 0 saturated carbocycles. The summed E-state index contributed by atoms with van der Waals surface area (Å²) in [4.78, 5) is 3.92. The molecule has 1 aromatic carbocycles. The topological polar surface area (TPSA) is 75.5 Å². The van der Waals surface area contributed by atoms with E-state index in [-0.39, 0.29) is 13.2 Å². The molecule has 2 aromatic rings. The van der Waals surface area contributed by atoms with Crippen LogP contribution in [0.4, 0.5) is 0 Å². The first-order chi connectivity index (χ1) is 11.5. The summed E-state index contributed by atoms with van der Waals surface area (Å²) in [5.41, 5.74) is 0.957. The maximum Gasteiger partial charge on any atom is 0.476 e. The Labute approximate surface area is 157 Å². The Morgan fingerprint density at radius 2 is 1.96 bits per heavy atom. The van der Waals surface area contributed by atoms with Crippen molar-refractivity contribution in [1.29, 1.82) is 0 Å². The van der Waals surface area contributed by atoms with Crippen LogP contribution in [0.2, 0.25) is 0 Å². The molecule has 10 heteroatoms. The van der Waals surface area contributed by atoms with Gasteiger partial charge in [0.25, 0.3) is 0 Å². The van der Waals surface area contributed by atoms with E-state index in [0.717, 1.165) is 14.5 Å². The third kappa shape index (κ3) is 5.47. The Morgan fingerprint density at radius 1 is 1.25 bits per heavy atom. The number of nitrogens with zero attached hydrogens (tertiary/aromatic N) is 3. The second-order valence-electron chi connectivity index (χ2n) is 4.66. The first-order valence-corrected chi connectivity index (χ1v) is 10.4. The largest absolute Gasteiger partial charge is 0.476 e. The monoisotopic (exact) mass is 481 g/mol. The van der Waals surface area contributed by atoms with Crippen molar-refractivity contribution in [2.45, 2.75) is 26.5 Å². The van der Waals surface area contributed by atoms with E-state index in [4.69, 9.17) is 13.6 Å². The fourth-order valence-corrected chi connectivity index (χ4v) is 4.49. The Morgan fingerprint density at radius 3 is 2.50 bits per heavy atom. The number of hydrogen-bond donors (Lipinski definition) is 0. The van der Waals surface area contributed by atoms with Gasteiger partial charge in [0.2, 0.25) is 0 Å². The predicted octanol–water partition coefficient (Wildman–Crippen LogP) is 4.74. The Kier molecular flexibility index (Phi) is 7.59. The molecule has 0 radical (unpaired) electrons. The second kappa shape index (κ2) is 9.22. The lowest BCUT2D eigenvalue weighted by atomic mass is 10.1. The minimum atomic E-state index is -3.69. The zero-order valence-electron chi connectivity index (χ0n) is 13.3. The van der Waals surface area contributed by atoms with Crippen molar-refractivity contribution >= 4 is 39.7 Å². The van der Waals surface area contributed by atoms with Gasteiger partial charge >= 0.3 is 7.82 Å². The molecule has 1 atom stereocenters. The van der Waals surface area contributed by atoms with Crippen LogP contribution in [-0.2, 0) is 24.6 Å². The number of phosphoric acid groups is 1. The van der Waals surface area contributed by atoms with Crippen LogP contribution in [0.1, 0.15) is 25.6 Å². The van der Waals surface area contributed by atoms with Crippen LogP contribution in [0.15, 0.2) is 39.8 Å². The fourth-order valence-electron chi connectivity index (χ4n) is 1.98. The summed E-state index contributed by atoms with van der Waals surface area (Å²) >= 11 is 6.94. The van der Waals surface area contributed by atoms with Crippen molar-refractivity contribution in [3.8, 4) is 0 Å². The molecule has 1 unspecified atom stereocenters. The molecule has 24 heavy (non-hydrogen) atoms. The number of halogens is 2.